The van der Waals surface area contributed by atoms with Gasteiger partial charge in [-0.2, -0.15) is 5.26 Å². The molecule has 1 saturated heterocycles. The van der Waals surface area contributed by atoms with Crippen LogP contribution in [0, 0.1) is 11.3 Å². The second-order valence-corrected chi connectivity index (χ2v) is 6.53. The van der Waals surface area contributed by atoms with Crippen molar-refractivity contribution in [3.8, 4) is 11.8 Å². The minimum atomic E-state index is -0.799. The molecule has 8 nitrogen and oxygen atoms in total. The Labute approximate surface area is 181 Å². The molecule has 0 aliphatic carbocycles. The monoisotopic (exact) mass is 430 g/mol. The van der Waals surface area contributed by atoms with Crippen molar-refractivity contribution in [2.24, 2.45) is 0 Å². The molecule has 0 bridgehead atoms. The first-order valence-corrected chi connectivity index (χ1v) is 9.27. The predicted molar refractivity (Wildman–Crippen MR) is 114 cm³/mol. The molecule has 3 rings (SSSR count). The number of halogens is 1. The lowest BCUT2D eigenvalue weighted by molar-refractivity contribution is -0.124. The number of nitriles is 1. The van der Waals surface area contributed by atoms with E-state index in [4.69, 9.17) is 10.00 Å². The third-order valence-corrected chi connectivity index (χ3v) is 4.45. The quantitative estimate of drug-likeness (QED) is 0.464. The summed E-state index contributed by atoms with van der Waals surface area (Å²) in [6, 6.07) is 17.5. The van der Waals surface area contributed by atoms with E-state index in [9.17, 15) is 14.7 Å². The van der Waals surface area contributed by atoms with E-state index in [2.05, 4.69) is 5.32 Å². The van der Waals surface area contributed by atoms with E-state index < -0.39 is 6.10 Å². The summed E-state index contributed by atoms with van der Waals surface area (Å²) in [6.45, 7) is 0.845. The fraction of sp³-hybridized carbons (Fsp3) is 0.286. The van der Waals surface area contributed by atoms with Crippen LogP contribution in [-0.4, -0.2) is 60.8 Å². The van der Waals surface area contributed by atoms with Gasteiger partial charge in [0, 0.05) is 25.3 Å². The number of para-hydroxylation sites is 2. The smallest absolute Gasteiger partial charge is 0.331 e. The van der Waals surface area contributed by atoms with Crippen LogP contribution < -0.4 is 15.0 Å². The van der Waals surface area contributed by atoms with Gasteiger partial charge in [0.25, 0.3) is 5.91 Å². The maximum absolute atomic E-state index is 12.5. The largest absolute Gasteiger partial charge is 0.489 e. The van der Waals surface area contributed by atoms with Crippen LogP contribution in [0.1, 0.15) is 5.56 Å². The van der Waals surface area contributed by atoms with E-state index in [1.54, 1.807) is 36.4 Å². The van der Waals surface area contributed by atoms with Crippen LogP contribution in [0.5, 0.6) is 5.75 Å². The van der Waals surface area contributed by atoms with E-state index in [1.165, 1.54) is 9.80 Å². The lowest BCUT2D eigenvalue weighted by Crippen LogP contribution is -2.40. The molecule has 2 N–H and O–H groups in total. The molecule has 30 heavy (non-hydrogen) atoms. The topological polar surface area (TPSA) is 106 Å². The Balaban J connectivity index is 0.00000320. The molecule has 2 aromatic carbocycles. The van der Waals surface area contributed by atoms with Crippen LogP contribution in [0.4, 0.5) is 10.5 Å². The maximum atomic E-state index is 12.5. The second-order valence-electron chi connectivity index (χ2n) is 6.53. The van der Waals surface area contributed by atoms with Gasteiger partial charge in [0.05, 0.1) is 5.56 Å². The van der Waals surface area contributed by atoms with E-state index in [0.717, 1.165) is 0 Å². The Bertz CT molecular complexity index is 903. The zero-order chi connectivity index (χ0) is 20.6. The van der Waals surface area contributed by atoms with Crippen molar-refractivity contribution in [1.82, 2.24) is 10.2 Å². The van der Waals surface area contributed by atoms with Crippen molar-refractivity contribution in [1.29, 1.82) is 5.26 Å². The highest BCUT2D eigenvalue weighted by atomic mass is 35.5. The van der Waals surface area contributed by atoms with Crippen molar-refractivity contribution < 1.29 is 19.4 Å². The molecule has 2 aromatic rings. The fourth-order valence-corrected chi connectivity index (χ4v) is 2.96. The molecule has 0 unspecified atom stereocenters. The van der Waals surface area contributed by atoms with E-state index in [-0.39, 0.29) is 50.6 Å². The van der Waals surface area contributed by atoms with Crippen LogP contribution in [0.15, 0.2) is 54.6 Å². The summed E-state index contributed by atoms with van der Waals surface area (Å²) < 4.78 is 5.48. The normalized spacial score (nSPS) is 14.3. The van der Waals surface area contributed by atoms with Gasteiger partial charge in [0.1, 0.15) is 31.1 Å². The first-order chi connectivity index (χ1) is 14.1. The molecule has 158 valence electrons. The number of hydrogen-bond acceptors (Lipinski definition) is 6. The molecule has 0 radical (unpaired) electrons. The minimum absolute atomic E-state index is 0. The highest BCUT2D eigenvalue weighted by molar-refractivity contribution is 6.12. The molecule has 1 aliphatic heterocycles. The molecule has 0 spiro atoms. The summed E-state index contributed by atoms with van der Waals surface area (Å²) in [5.74, 6) is 0.168. The second kappa shape index (κ2) is 11.2. The number of amides is 3. The average Bonchev–Trinajstić information content (AvgIpc) is 3.04. The van der Waals surface area contributed by atoms with Gasteiger partial charge in [-0.3, -0.25) is 14.6 Å². The van der Waals surface area contributed by atoms with E-state index in [0.29, 0.717) is 23.5 Å². The number of carbonyl (C=O) groups excluding carboxylic acids is 2. The Morgan fingerprint density at radius 1 is 1.13 bits per heavy atom. The number of urea groups is 1. The van der Waals surface area contributed by atoms with Gasteiger partial charge >= 0.3 is 6.03 Å². The third-order valence-electron chi connectivity index (χ3n) is 4.45. The summed E-state index contributed by atoms with van der Waals surface area (Å²) in [6.07, 6.45) is -0.799. The number of aliphatic hydroxyl groups is 1. The zero-order valence-electron chi connectivity index (χ0n) is 16.2. The Morgan fingerprint density at radius 3 is 2.57 bits per heavy atom. The first kappa shape index (κ1) is 23.2. The highest BCUT2D eigenvalue weighted by Crippen LogP contribution is 2.20. The number of nitrogens with zero attached hydrogens (tertiary/aromatic N) is 3. The fourth-order valence-electron chi connectivity index (χ4n) is 2.96. The van der Waals surface area contributed by atoms with Crippen molar-refractivity contribution >= 4 is 30.0 Å². The predicted octanol–water partition coefficient (Wildman–Crippen LogP) is 1.78. The first-order valence-electron chi connectivity index (χ1n) is 9.27. The number of hydrogen-bond donors (Lipinski definition) is 2. The lowest BCUT2D eigenvalue weighted by atomic mass is 10.2. The number of rotatable bonds is 9. The summed E-state index contributed by atoms with van der Waals surface area (Å²) in [7, 11) is 0. The molecule has 0 aromatic heterocycles. The Hall–Kier alpha value is -3.12. The molecule has 1 aliphatic rings. The summed E-state index contributed by atoms with van der Waals surface area (Å²) >= 11 is 0. The van der Waals surface area contributed by atoms with Gasteiger partial charge in [0.15, 0.2) is 0 Å². The number of imide groups is 1. The van der Waals surface area contributed by atoms with Gasteiger partial charge in [0.2, 0.25) is 0 Å². The van der Waals surface area contributed by atoms with Gasteiger partial charge in [-0.05, 0) is 24.3 Å². The van der Waals surface area contributed by atoms with Crippen molar-refractivity contribution in [2.45, 2.75) is 6.10 Å². The Kier molecular flexibility index (Phi) is 8.62. The number of anilines is 1. The van der Waals surface area contributed by atoms with Crippen molar-refractivity contribution in [2.75, 3.05) is 37.7 Å². The summed E-state index contributed by atoms with van der Waals surface area (Å²) in [5, 5.41) is 22.1. The highest BCUT2D eigenvalue weighted by Gasteiger charge is 2.36. The number of ether oxygens (including phenoxy) is 1. The Morgan fingerprint density at radius 2 is 1.83 bits per heavy atom. The van der Waals surface area contributed by atoms with E-state index >= 15 is 0 Å². The maximum Gasteiger partial charge on any atom is 0.331 e. The molecule has 1 heterocycles. The van der Waals surface area contributed by atoms with Gasteiger partial charge in [-0.15, -0.1) is 12.4 Å². The number of benzene rings is 2. The zero-order valence-corrected chi connectivity index (χ0v) is 17.0. The lowest BCUT2D eigenvalue weighted by Gasteiger charge is -2.18. The molecule has 1 atom stereocenters. The average molecular weight is 431 g/mol. The number of carbonyl (C=O) groups is 2. The van der Waals surface area contributed by atoms with Crippen LogP contribution in [0.3, 0.4) is 0 Å². The van der Waals surface area contributed by atoms with Gasteiger partial charge < -0.3 is 15.2 Å². The van der Waals surface area contributed by atoms with E-state index in [1.807, 2.05) is 24.3 Å². The van der Waals surface area contributed by atoms with Crippen LogP contribution in [0.2, 0.25) is 0 Å². The van der Waals surface area contributed by atoms with Gasteiger partial charge in [-0.1, -0.05) is 30.3 Å². The van der Waals surface area contributed by atoms with Crippen molar-refractivity contribution in [3.05, 3.63) is 60.2 Å². The minimum Gasteiger partial charge on any atom is -0.489 e. The summed E-state index contributed by atoms with van der Waals surface area (Å²) in [4.78, 5) is 27.3. The van der Waals surface area contributed by atoms with Crippen LogP contribution >= 0.6 is 12.4 Å². The van der Waals surface area contributed by atoms with Gasteiger partial charge in [-0.25, -0.2) is 4.79 Å². The standard InChI is InChI=1S/C21H22N4O4.ClH/c22-12-16-6-4-5-9-19(16)29-15-18(26)13-23-10-11-24-20(27)14-25(21(24)28)17-7-2-1-3-8-17;/h1-9,18,23,26H,10-11,13-15H2;1H/t18-;/m0./s1. The summed E-state index contributed by atoms with van der Waals surface area (Å²) in [5.41, 5.74) is 1.09. The molecule has 9 heteroatoms. The van der Waals surface area contributed by atoms with Crippen LogP contribution in [0.25, 0.3) is 0 Å². The molecule has 3 amide bonds. The van der Waals surface area contributed by atoms with Crippen molar-refractivity contribution in [3.63, 3.8) is 0 Å². The SMILES string of the molecule is Cl.N#Cc1ccccc1OC[C@@H](O)CNCCN1C(=O)CN(c2ccccc2)C1=O. The molecule has 0 saturated carbocycles. The van der Waals surface area contributed by atoms with Crippen LogP contribution in [-0.2, 0) is 4.79 Å². The number of nitrogens with one attached hydrogen (secondary N) is 1. The molecule has 1 fully saturated rings. The third kappa shape index (κ3) is 5.70. The number of aliphatic hydroxyl groups excluding tert-OH is 1. The molecular formula is C21H23ClN4O4. The molecular weight excluding hydrogens is 408 g/mol.